The highest BCUT2D eigenvalue weighted by Gasteiger charge is 2.31. The predicted octanol–water partition coefficient (Wildman–Crippen LogP) is 4.61. The van der Waals surface area contributed by atoms with Gasteiger partial charge in [-0.2, -0.15) is 0 Å². The average Bonchev–Trinajstić information content (AvgIpc) is 3.16. The van der Waals surface area contributed by atoms with Gasteiger partial charge in [0.25, 0.3) is 10.0 Å². The SMILES string of the molecule is C=CS(=O)(=O)N(C)c1cccc(-c2c(F)cc(C(N)=O)c3c2-c2ccc(C(C)(C)O)cc2C3)c1C. The second-order valence-electron chi connectivity index (χ2n) is 9.24. The minimum atomic E-state index is -3.76. The third kappa shape index (κ3) is 4.02. The molecule has 1 aliphatic carbocycles. The van der Waals surface area contributed by atoms with E-state index in [1.165, 1.54) is 7.05 Å². The summed E-state index contributed by atoms with van der Waals surface area (Å²) in [5.74, 6) is -1.36. The fourth-order valence-corrected chi connectivity index (χ4v) is 5.39. The lowest BCUT2D eigenvalue weighted by Gasteiger charge is -2.23. The van der Waals surface area contributed by atoms with Gasteiger partial charge >= 0.3 is 0 Å². The smallest absolute Gasteiger partial charge is 0.256 e. The average molecular weight is 495 g/mol. The summed E-state index contributed by atoms with van der Waals surface area (Å²) in [4.78, 5) is 12.2. The van der Waals surface area contributed by atoms with Crippen molar-refractivity contribution in [1.29, 1.82) is 0 Å². The molecule has 0 fully saturated rings. The van der Waals surface area contributed by atoms with Crippen LogP contribution in [0, 0.1) is 12.7 Å². The highest BCUT2D eigenvalue weighted by Crippen LogP contribution is 2.48. The zero-order chi connectivity index (χ0) is 25.9. The Morgan fingerprint density at radius 1 is 1.17 bits per heavy atom. The maximum Gasteiger partial charge on any atom is 0.256 e. The van der Waals surface area contributed by atoms with Gasteiger partial charge in [0.1, 0.15) is 5.82 Å². The highest BCUT2D eigenvalue weighted by molar-refractivity contribution is 7.95. The first-order chi connectivity index (χ1) is 16.3. The van der Waals surface area contributed by atoms with Crippen molar-refractivity contribution in [1.82, 2.24) is 0 Å². The van der Waals surface area contributed by atoms with Crippen molar-refractivity contribution < 1.29 is 22.7 Å². The van der Waals surface area contributed by atoms with Crippen LogP contribution < -0.4 is 10.0 Å². The number of sulfonamides is 1. The molecule has 1 aliphatic rings. The lowest BCUT2D eigenvalue weighted by Crippen LogP contribution is -2.24. The first-order valence-corrected chi connectivity index (χ1v) is 12.5. The number of amides is 1. The Labute approximate surface area is 204 Å². The number of hydrogen-bond donors (Lipinski definition) is 2. The fraction of sp³-hybridized carbons (Fsp3) is 0.222. The Kier molecular flexibility index (Phi) is 5.85. The second kappa shape index (κ2) is 8.32. The summed E-state index contributed by atoms with van der Waals surface area (Å²) < 4.78 is 41.7. The van der Waals surface area contributed by atoms with E-state index in [2.05, 4.69) is 6.58 Å². The van der Waals surface area contributed by atoms with Gasteiger partial charge in [0, 0.05) is 23.6 Å². The van der Waals surface area contributed by atoms with E-state index in [9.17, 15) is 18.3 Å². The molecule has 0 saturated heterocycles. The van der Waals surface area contributed by atoms with Gasteiger partial charge in [0.05, 0.1) is 11.3 Å². The third-order valence-corrected chi connectivity index (χ3v) is 7.99. The van der Waals surface area contributed by atoms with E-state index in [0.29, 0.717) is 39.9 Å². The number of anilines is 1. The Morgan fingerprint density at radius 2 is 1.86 bits per heavy atom. The molecule has 0 bridgehead atoms. The molecule has 0 aromatic heterocycles. The molecule has 182 valence electrons. The quantitative estimate of drug-likeness (QED) is 0.409. The number of nitrogens with zero attached hydrogens (tertiary/aromatic N) is 1. The van der Waals surface area contributed by atoms with Crippen LogP contribution in [0.3, 0.4) is 0 Å². The van der Waals surface area contributed by atoms with Crippen LogP contribution in [0.5, 0.6) is 0 Å². The Balaban J connectivity index is 2.03. The van der Waals surface area contributed by atoms with Crippen LogP contribution in [0.4, 0.5) is 10.1 Å². The van der Waals surface area contributed by atoms with Crippen LogP contribution in [0.15, 0.2) is 54.5 Å². The molecule has 8 heteroatoms. The zero-order valence-electron chi connectivity index (χ0n) is 20.0. The molecule has 3 N–H and O–H groups in total. The maximum absolute atomic E-state index is 15.7. The molecule has 3 aromatic rings. The summed E-state index contributed by atoms with van der Waals surface area (Å²) >= 11 is 0. The number of primary amides is 1. The van der Waals surface area contributed by atoms with Gasteiger partial charge in [-0.15, -0.1) is 0 Å². The molecule has 0 aliphatic heterocycles. The van der Waals surface area contributed by atoms with Crippen molar-refractivity contribution in [2.75, 3.05) is 11.4 Å². The third-order valence-electron chi connectivity index (χ3n) is 6.61. The molecule has 4 rings (SSSR count). The standard InChI is InChI=1S/C27H27FN2O4S/c1-6-35(33,34)30(5)23-9-7-8-18(15(23)2)25-22(28)14-21(26(29)31)20-13-16-12-17(27(3,4)32)10-11-19(16)24(20)25/h6-12,14,32H,1,13H2,2-5H3,(H2,29,31). The molecule has 0 radical (unpaired) electrons. The van der Waals surface area contributed by atoms with Gasteiger partial charge in [-0.1, -0.05) is 36.9 Å². The second-order valence-corrected chi connectivity index (χ2v) is 11.1. The lowest BCUT2D eigenvalue weighted by molar-refractivity contribution is 0.0785. The van der Waals surface area contributed by atoms with Crippen molar-refractivity contribution >= 4 is 21.6 Å². The minimum absolute atomic E-state index is 0.0995. The molecule has 0 saturated carbocycles. The minimum Gasteiger partial charge on any atom is -0.386 e. The summed E-state index contributed by atoms with van der Waals surface area (Å²) in [6, 6.07) is 11.6. The van der Waals surface area contributed by atoms with E-state index in [-0.39, 0.29) is 11.1 Å². The first-order valence-electron chi connectivity index (χ1n) is 11.0. The lowest BCUT2D eigenvalue weighted by atomic mass is 9.88. The predicted molar refractivity (Wildman–Crippen MR) is 136 cm³/mol. The van der Waals surface area contributed by atoms with Crippen LogP contribution in [-0.2, 0) is 22.0 Å². The van der Waals surface area contributed by atoms with Crippen LogP contribution in [-0.4, -0.2) is 26.5 Å². The van der Waals surface area contributed by atoms with Gasteiger partial charge < -0.3 is 10.8 Å². The van der Waals surface area contributed by atoms with Gasteiger partial charge in [-0.05, 0) is 78.3 Å². The largest absolute Gasteiger partial charge is 0.386 e. The number of nitrogens with two attached hydrogens (primary N) is 1. The molecule has 35 heavy (non-hydrogen) atoms. The molecular weight excluding hydrogens is 467 g/mol. The van der Waals surface area contributed by atoms with Crippen molar-refractivity contribution in [3.05, 3.63) is 88.1 Å². The first kappa shape index (κ1) is 24.6. The van der Waals surface area contributed by atoms with E-state index in [0.717, 1.165) is 26.9 Å². The Morgan fingerprint density at radius 3 is 2.46 bits per heavy atom. The van der Waals surface area contributed by atoms with E-state index >= 15 is 4.39 Å². The topological polar surface area (TPSA) is 101 Å². The van der Waals surface area contributed by atoms with Gasteiger partial charge in [0.2, 0.25) is 5.91 Å². The number of rotatable bonds is 6. The van der Waals surface area contributed by atoms with E-state index in [4.69, 9.17) is 5.73 Å². The van der Waals surface area contributed by atoms with Crippen molar-refractivity contribution in [2.45, 2.75) is 32.8 Å². The molecule has 6 nitrogen and oxygen atoms in total. The maximum atomic E-state index is 15.7. The summed E-state index contributed by atoms with van der Waals surface area (Å²) in [6.07, 6.45) is 0.351. The zero-order valence-corrected chi connectivity index (χ0v) is 20.8. The highest BCUT2D eigenvalue weighted by atomic mass is 32.2. The Bertz CT molecular complexity index is 1500. The van der Waals surface area contributed by atoms with Gasteiger partial charge in [0.15, 0.2) is 0 Å². The molecular formula is C27H27FN2O4S. The molecule has 3 aromatic carbocycles. The van der Waals surface area contributed by atoms with Crippen molar-refractivity contribution in [3.63, 3.8) is 0 Å². The number of halogens is 1. The number of aliphatic hydroxyl groups is 1. The molecule has 1 amide bonds. The van der Waals surface area contributed by atoms with Gasteiger partial charge in [-0.25, -0.2) is 12.8 Å². The molecule has 0 unspecified atom stereocenters. The number of fused-ring (bicyclic) bond motifs is 3. The fourth-order valence-electron chi connectivity index (χ4n) is 4.69. The summed E-state index contributed by atoms with van der Waals surface area (Å²) in [7, 11) is -2.35. The van der Waals surface area contributed by atoms with E-state index < -0.39 is 27.3 Å². The Hall–Kier alpha value is -3.49. The number of carbonyl (C=O) groups excluding carboxylic acids is 1. The summed E-state index contributed by atoms with van der Waals surface area (Å²) in [6.45, 7) is 8.46. The summed E-state index contributed by atoms with van der Waals surface area (Å²) in [5.41, 5.74) is 9.76. The number of hydrogen-bond acceptors (Lipinski definition) is 4. The monoisotopic (exact) mass is 494 g/mol. The van der Waals surface area contributed by atoms with E-state index in [1.54, 1.807) is 45.0 Å². The van der Waals surface area contributed by atoms with Crippen LogP contribution in [0.1, 0.15) is 46.5 Å². The van der Waals surface area contributed by atoms with Crippen LogP contribution in [0.25, 0.3) is 22.3 Å². The van der Waals surface area contributed by atoms with Crippen LogP contribution in [0.2, 0.25) is 0 Å². The van der Waals surface area contributed by atoms with Crippen LogP contribution >= 0.6 is 0 Å². The molecule has 0 spiro atoms. The van der Waals surface area contributed by atoms with Gasteiger partial charge in [-0.3, -0.25) is 9.10 Å². The van der Waals surface area contributed by atoms with Crippen molar-refractivity contribution in [3.8, 4) is 22.3 Å². The summed E-state index contributed by atoms with van der Waals surface area (Å²) in [5, 5.41) is 11.3. The number of benzene rings is 3. The number of carbonyl (C=O) groups is 1. The molecule has 0 atom stereocenters. The normalized spacial score (nSPS) is 12.7. The molecule has 0 heterocycles. The van der Waals surface area contributed by atoms with E-state index in [1.807, 2.05) is 12.1 Å². The van der Waals surface area contributed by atoms with Crippen molar-refractivity contribution in [2.24, 2.45) is 5.73 Å².